The molecule has 2 fully saturated rings. The van der Waals surface area contributed by atoms with Crippen molar-refractivity contribution in [3.05, 3.63) is 71.2 Å². The molecule has 0 aliphatic carbocycles. The second kappa shape index (κ2) is 14.9. The molecular formula is C38H50Cl2N10O2. The fourth-order valence-electron chi connectivity index (χ4n) is 8.26. The lowest BCUT2D eigenvalue weighted by atomic mass is 9.78. The summed E-state index contributed by atoms with van der Waals surface area (Å²) in [6.45, 7) is 18.9. The fraction of sp³-hybridized carbons (Fsp3) is 0.526. The van der Waals surface area contributed by atoms with Crippen LogP contribution >= 0.6 is 23.2 Å². The van der Waals surface area contributed by atoms with E-state index in [2.05, 4.69) is 95.8 Å². The van der Waals surface area contributed by atoms with E-state index in [0.29, 0.717) is 36.5 Å². The van der Waals surface area contributed by atoms with Crippen LogP contribution in [-0.2, 0) is 0 Å². The number of rotatable bonds is 11. The number of hydrogen-bond acceptors (Lipinski definition) is 12. The summed E-state index contributed by atoms with van der Waals surface area (Å²) >= 11 is 13.2. The average molecular weight is 750 g/mol. The van der Waals surface area contributed by atoms with Crippen LogP contribution in [0.2, 0.25) is 10.6 Å². The summed E-state index contributed by atoms with van der Waals surface area (Å²) in [5, 5.41) is 7.74. The van der Waals surface area contributed by atoms with Crippen LogP contribution in [0.3, 0.4) is 0 Å². The van der Waals surface area contributed by atoms with Gasteiger partial charge in [0.05, 0.1) is 0 Å². The molecule has 2 N–H and O–H groups in total. The van der Waals surface area contributed by atoms with Gasteiger partial charge in [0.1, 0.15) is 11.5 Å². The molecule has 0 unspecified atom stereocenters. The Morgan fingerprint density at radius 2 is 0.865 bits per heavy atom. The van der Waals surface area contributed by atoms with Crippen LogP contribution in [0, 0.1) is 0 Å². The Morgan fingerprint density at radius 1 is 0.538 bits per heavy atom. The number of benzene rings is 2. The Hall–Kier alpha value is -3.84. The zero-order chi connectivity index (χ0) is 37.3. The molecule has 0 bridgehead atoms. The maximum atomic E-state index is 6.60. The van der Waals surface area contributed by atoms with Crippen molar-refractivity contribution in [2.24, 2.45) is 0 Å². The molecule has 4 heterocycles. The predicted octanol–water partition coefficient (Wildman–Crippen LogP) is 7.88. The van der Waals surface area contributed by atoms with Gasteiger partial charge in [-0.05, 0) is 129 Å². The molecule has 2 aliphatic rings. The van der Waals surface area contributed by atoms with Crippen LogP contribution in [0.15, 0.2) is 60.7 Å². The van der Waals surface area contributed by atoms with Gasteiger partial charge in [-0.15, -0.1) is 0 Å². The lowest BCUT2D eigenvalue weighted by molar-refractivity contribution is 0.153. The first-order chi connectivity index (χ1) is 24.4. The summed E-state index contributed by atoms with van der Waals surface area (Å²) in [4.78, 5) is 32.2. The number of anilines is 2. The number of nitrogens with zero attached hydrogens (tertiary/aromatic N) is 8. The van der Waals surface area contributed by atoms with Crippen molar-refractivity contribution < 1.29 is 9.47 Å². The molecule has 52 heavy (non-hydrogen) atoms. The largest absolute Gasteiger partial charge is 0.424 e. The minimum absolute atomic E-state index is 0.0518. The van der Waals surface area contributed by atoms with E-state index in [-0.39, 0.29) is 56.8 Å². The van der Waals surface area contributed by atoms with E-state index < -0.39 is 0 Å². The van der Waals surface area contributed by atoms with Gasteiger partial charge < -0.3 is 29.9 Å². The van der Waals surface area contributed by atoms with Gasteiger partial charge >= 0.3 is 12.0 Å². The number of piperidine rings is 2. The molecule has 0 amide bonds. The van der Waals surface area contributed by atoms with E-state index in [9.17, 15) is 0 Å². The minimum atomic E-state index is -0.154. The molecular weight excluding hydrogens is 699 g/mol. The molecule has 2 aromatic carbocycles. The fourth-order valence-corrected chi connectivity index (χ4v) is 8.56. The highest BCUT2D eigenvalue weighted by Crippen LogP contribution is 2.36. The van der Waals surface area contributed by atoms with Crippen molar-refractivity contribution in [3.8, 4) is 23.5 Å². The van der Waals surface area contributed by atoms with Crippen molar-refractivity contribution in [2.45, 2.75) is 115 Å². The highest BCUT2D eigenvalue weighted by molar-refractivity contribution is 6.28. The Morgan fingerprint density at radius 3 is 1.19 bits per heavy atom. The molecule has 0 atom stereocenters. The normalized spacial score (nSPS) is 19.5. The molecule has 0 saturated carbocycles. The van der Waals surface area contributed by atoms with Crippen LogP contribution in [0.1, 0.15) is 81.1 Å². The molecule has 0 spiro atoms. The number of ether oxygens (including phenoxy) is 2. The predicted molar refractivity (Wildman–Crippen MR) is 206 cm³/mol. The van der Waals surface area contributed by atoms with Gasteiger partial charge in [-0.2, -0.15) is 29.9 Å². The third kappa shape index (κ3) is 9.97. The molecule has 278 valence electrons. The standard InChI is InChI=1S/C38H50Cl2N10O2/c1-35(2)21-25(22-36(3,4)47-35)49(31-41-29(39)43-33(45-31)51-27-15-11-9-12-16-27)19-20-50(26-23-37(5,6)48-38(7,8)24-26)32-42-30(40)44-34(46-32)52-28-17-13-10-14-18-28/h9-18,25-26,47-48H,19-24H2,1-8H3. The highest BCUT2D eigenvalue weighted by Gasteiger charge is 2.43. The van der Waals surface area contributed by atoms with Crippen LogP contribution in [0.25, 0.3) is 0 Å². The van der Waals surface area contributed by atoms with E-state index >= 15 is 0 Å². The number of hydrogen-bond donors (Lipinski definition) is 2. The lowest BCUT2D eigenvalue weighted by Crippen LogP contribution is -2.64. The molecule has 4 aromatic rings. The van der Waals surface area contributed by atoms with E-state index in [0.717, 1.165) is 25.7 Å². The van der Waals surface area contributed by atoms with Crippen molar-refractivity contribution in [3.63, 3.8) is 0 Å². The monoisotopic (exact) mass is 748 g/mol. The quantitative estimate of drug-likeness (QED) is 0.155. The Labute approximate surface area is 317 Å². The molecule has 2 aliphatic heterocycles. The van der Waals surface area contributed by atoms with Gasteiger partial charge in [-0.1, -0.05) is 36.4 Å². The molecule has 12 nitrogen and oxygen atoms in total. The third-order valence-electron chi connectivity index (χ3n) is 9.37. The summed E-state index contributed by atoms with van der Waals surface area (Å²) < 4.78 is 12.1. The van der Waals surface area contributed by atoms with Crippen LogP contribution < -0.4 is 29.9 Å². The van der Waals surface area contributed by atoms with Crippen LogP contribution in [0.4, 0.5) is 11.9 Å². The summed E-state index contributed by atoms with van der Waals surface area (Å²) in [5.41, 5.74) is -0.615. The van der Waals surface area contributed by atoms with Gasteiger partial charge in [-0.3, -0.25) is 0 Å². The maximum Gasteiger partial charge on any atom is 0.328 e. The van der Waals surface area contributed by atoms with Crippen molar-refractivity contribution in [2.75, 3.05) is 22.9 Å². The number of aromatic nitrogens is 6. The van der Waals surface area contributed by atoms with Gasteiger partial charge in [0.15, 0.2) is 0 Å². The Balaban J connectivity index is 1.40. The topological polar surface area (TPSA) is 126 Å². The summed E-state index contributed by atoms with van der Waals surface area (Å²) in [5.74, 6) is 2.09. The summed E-state index contributed by atoms with van der Waals surface area (Å²) in [7, 11) is 0. The van der Waals surface area contributed by atoms with Gasteiger partial charge in [0.2, 0.25) is 22.5 Å². The van der Waals surface area contributed by atoms with Crippen LogP contribution in [0.5, 0.6) is 23.5 Å². The second-order valence-electron chi connectivity index (χ2n) is 16.5. The first-order valence-corrected chi connectivity index (χ1v) is 18.6. The van der Waals surface area contributed by atoms with E-state index in [1.54, 1.807) is 0 Å². The number of nitrogens with one attached hydrogen (secondary N) is 2. The van der Waals surface area contributed by atoms with Gasteiger partial charge in [0.25, 0.3) is 0 Å². The smallest absolute Gasteiger partial charge is 0.328 e. The first-order valence-electron chi connectivity index (χ1n) is 17.8. The van der Waals surface area contributed by atoms with E-state index in [4.69, 9.17) is 42.6 Å². The molecule has 2 aromatic heterocycles. The summed E-state index contributed by atoms with van der Waals surface area (Å²) in [6, 6.07) is 19.2. The maximum absolute atomic E-state index is 6.60. The van der Waals surface area contributed by atoms with E-state index in [1.807, 2.05) is 60.7 Å². The van der Waals surface area contributed by atoms with E-state index in [1.165, 1.54) is 0 Å². The van der Waals surface area contributed by atoms with Gasteiger partial charge in [-0.25, -0.2) is 0 Å². The summed E-state index contributed by atoms with van der Waals surface area (Å²) in [6.07, 6.45) is 3.37. The highest BCUT2D eigenvalue weighted by atomic mass is 35.5. The molecule has 2 saturated heterocycles. The van der Waals surface area contributed by atoms with Crippen molar-refractivity contribution in [1.82, 2.24) is 40.5 Å². The molecule has 14 heteroatoms. The Kier molecular flexibility index (Phi) is 10.9. The number of para-hydroxylation sites is 2. The van der Waals surface area contributed by atoms with Crippen molar-refractivity contribution in [1.29, 1.82) is 0 Å². The second-order valence-corrected chi connectivity index (χ2v) is 17.2. The van der Waals surface area contributed by atoms with Gasteiger partial charge in [0, 0.05) is 47.3 Å². The minimum Gasteiger partial charge on any atom is -0.424 e. The third-order valence-corrected chi connectivity index (χ3v) is 9.71. The van der Waals surface area contributed by atoms with Crippen LogP contribution in [-0.4, -0.2) is 77.2 Å². The first kappa shape index (κ1) is 37.9. The SMILES string of the molecule is CC1(C)CC(N(CCN(c2nc(Cl)nc(Oc3ccccc3)n2)C2CC(C)(C)NC(C)(C)C2)c2nc(Cl)nc(Oc3ccccc3)n2)CC(C)(C)N1. The average Bonchev–Trinajstić information content (AvgIpc) is 3.00. The Bertz CT molecular complexity index is 1660. The lowest BCUT2D eigenvalue weighted by Gasteiger charge is -2.51. The number of halogens is 2. The molecule has 6 rings (SSSR count). The zero-order valence-corrected chi connectivity index (χ0v) is 32.8. The zero-order valence-electron chi connectivity index (χ0n) is 31.3. The van der Waals surface area contributed by atoms with Crippen molar-refractivity contribution >= 4 is 35.1 Å². The molecule has 0 radical (unpaired) electrons.